The molecule has 0 N–H and O–H groups in total. The Balaban J connectivity index is 1.88. The SMILES string of the molecule is COC(=O)C1=C(C(=O)OC)N(c2ccc(CC(=O)N3CCCC3)cc2)C=CC=C1. The molecule has 0 unspecified atom stereocenters. The van der Waals surface area contributed by atoms with Gasteiger partial charge in [0, 0.05) is 25.0 Å². The number of esters is 2. The largest absolute Gasteiger partial charge is 0.465 e. The summed E-state index contributed by atoms with van der Waals surface area (Å²) in [4.78, 5) is 40.5. The first-order chi connectivity index (χ1) is 14.0. The highest BCUT2D eigenvalue weighted by molar-refractivity contribution is 6.05. The maximum atomic E-state index is 12.4. The quantitative estimate of drug-likeness (QED) is 0.711. The molecule has 1 saturated heterocycles. The molecule has 0 atom stereocenters. The average molecular weight is 396 g/mol. The second-order valence-electron chi connectivity index (χ2n) is 6.75. The van der Waals surface area contributed by atoms with Crippen molar-refractivity contribution >= 4 is 23.5 Å². The predicted molar refractivity (Wildman–Crippen MR) is 108 cm³/mol. The number of carbonyl (C=O) groups excluding carboxylic acids is 3. The number of methoxy groups -OCH3 is 2. The number of amides is 1. The minimum atomic E-state index is -0.658. The molecular weight excluding hydrogens is 372 g/mol. The topological polar surface area (TPSA) is 76.2 Å². The molecule has 0 aromatic heterocycles. The summed E-state index contributed by atoms with van der Waals surface area (Å²) in [5.41, 5.74) is 1.70. The molecule has 2 aliphatic heterocycles. The van der Waals surface area contributed by atoms with Crippen molar-refractivity contribution in [2.24, 2.45) is 0 Å². The van der Waals surface area contributed by atoms with Crippen LogP contribution < -0.4 is 4.90 Å². The summed E-state index contributed by atoms with van der Waals surface area (Å²) in [6, 6.07) is 7.31. The Kier molecular flexibility index (Phi) is 6.49. The van der Waals surface area contributed by atoms with Crippen molar-refractivity contribution in [1.82, 2.24) is 4.90 Å². The van der Waals surface area contributed by atoms with Gasteiger partial charge in [-0.3, -0.25) is 4.79 Å². The molecule has 29 heavy (non-hydrogen) atoms. The van der Waals surface area contributed by atoms with E-state index in [1.807, 2.05) is 17.0 Å². The van der Waals surface area contributed by atoms with Crippen molar-refractivity contribution in [3.05, 3.63) is 65.5 Å². The second kappa shape index (κ2) is 9.23. The lowest BCUT2D eigenvalue weighted by Gasteiger charge is -2.23. The molecule has 2 aliphatic rings. The fourth-order valence-corrected chi connectivity index (χ4v) is 3.39. The van der Waals surface area contributed by atoms with E-state index in [1.165, 1.54) is 20.3 Å². The Morgan fingerprint density at radius 3 is 2.21 bits per heavy atom. The Morgan fingerprint density at radius 2 is 1.59 bits per heavy atom. The fraction of sp³-hybridized carbons (Fsp3) is 0.318. The lowest BCUT2D eigenvalue weighted by Crippen LogP contribution is -2.29. The van der Waals surface area contributed by atoms with Gasteiger partial charge in [0.25, 0.3) is 0 Å². The van der Waals surface area contributed by atoms with Crippen LogP contribution in [0.1, 0.15) is 18.4 Å². The highest BCUT2D eigenvalue weighted by Gasteiger charge is 2.27. The third kappa shape index (κ3) is 4.56. The van der Waals surface area contributed by atoms with Crippen LogP contribution in [-0.4, -0.2) is 50.1 Å². The molecule has 1 aromatic rings. The van der Waals surface area contributed by atoms with Gasteiger partial charge in [-0.2, -0.15) is 0 Å². The number of rotatable bonds is 5. The van der Waals surface area contributed by atoms with Crippen LogP contribution in [0.15, 0.2) is 60.0 Å². The average Bonchev–Trinajstić information content (AvgIpc) is 3.20. The first-order valence-electron chi connectivity index (χ1n) is 9.47. The maximum Gasteiger partial charge on any atom is 0.355 e. The first-order valence-corrected chi connectivity index (χ1v) is 9.47. The number of anilines is 1. The Bertz CT molecular complexity index is 877. The van der Waals surface area contributed by atoms with Crippen LogP contribution in [0, 0.1) is 0 Å². The van der Waals surface area contributed by atoms with E-state index in [2.05, 4.69) is 0 Å². The molecule has 0 aliphatic carbocycles. The lowest BCUT2D eigenvalue weighted by atomic mass is 10.1. The molecule has 3 rings (SSSR count). The van der Waals surface area contributed by atoms with Crippen LogP contribution in [0.5, 0.6) is 0 Å². The molecule has 7 heteroatoms. The van der Waals surface area contributed by atoms with Crippen LogP contribution >= 0.6 is 0 Å². The van der Waals surface area contributed by atoms with Gasteiger partial charge in [0.2, 0.25) is 5.91 Å². The van der Waals surface area contributed by atoms with E-state index >= 15 is 0 Å². The summed E-state index contributed by atoms with van der Waals surface area (Å²) in [6.45, 7) is 1.65. The van der Waals surface area contributed by atoms with Crippen molar-refractivity contribution in [3.63, 3.8) is 0 Å². The van der Waals surface area contributed by atoms with Crippen molar-refractivity contribution < 1.29 is 23.9 Å². The smallest absolute Gasteiger partial charge is 0.355 e. The van der Waals surface area contributed by atoms with Gasteiger partial charge in [0.05, 0.1) is 26.2 Å². The van der Waals surface area contributed by atoms with Crippen molar-refractivity contribution in [2.45, 2.75) is 19.3 Å². The normalized spacial score (nSPS) is 16.1. The van der Waals surface area contributed by atoms with Crippen LogP contribution in [0.25, 0.3) is 0 Å². The molecule has 1 aromatic carbocycles. The molecule has 0 radical (unpaired) electrons. The fourth-order valence-electron chi connectivity index (χ4n) is 3.39. The minimum Gasteiger partial charge on any atom is -0.465 e. The number of nitrogens with zero attached hydrogens (tertiary/aromatic N) is 2. The van der Waals surface area contributed by atoms with Crippen LogP contribution in [0.4, 0.5) is 5.69 Å². The van der Waals surface area contributed by atoms with Gasteiger partial charge in [0.15, 0.2) is 0 Å². The number of ether oxygens (including phenoxy) is 2. The Labute approximate surface area is 169 Å². The highest BCUT2D eigenvalue weighted by Crippen LogP contribution is 2.26. The first kappa shape index (κ1) is 20.4. The van der Waals surface area contributed by atoms with Crippen molar-refractivity contribution in [2.75, 3.05) is 32.2 Å². The molecule has 0 bridgehead atoms. The summed E-state index contributed by atoms with van der Waals surface area (Å²) in [5, 5.41) is 0. The predicted octanol–water partition coefficient (Wildman–Crippen LogP) is 2.34. The molecule has 0 saturated carbocycles. The van der Waals surface area contributed by atoms with Crippen LogP contribution in [-0.2, 0) is 30.3 Å². The van der Waals surface area contributed by atoms with E-state index in [4.69, 9.17) is 9.47 Å². The molecule has 1 fully saturated rings. The molecule has 0 spiro atoms. The molecule has 152 valence electrons. The summed E-state index contributed by atoms with van der Waals surface area (Å²) in [6.07, 6.45) is 9.00. The van der Waals surface area contributed by atoms with Crippen molar-refractivity contribution in [3.8, 4) is 0 Å². The summed E-state index contributed by atoms with van der Waals surface area (Å²) in [5.74, 6) is -1.17. The monoisotopic (exact) mass is 396 g/mol. The number of hydrogen-bond acceptors (Lipinski definition) is 6. The van der Waals surface area contributed by atoms with Crippen LogP contribution in [0.2, 0.25) is 0 Å². The third-order valence-electron chi connectivity index (χ3n) is 4.92. The highest BCUT2D eigenvalue weighted by atomic mass is 16.5. The number of hydrogen-bond donors (Lipinski definition) is 0. The van der Waals surface area contributed by atoms with Gasteiger partial charge >= 0.3 is 11.9 Å². The zero-order valence-electron chi connectivity index (χ0n) is 16.6. The summed E-state index contributed by atoms with van der Waals surface area (Å²) < 4.78 is 9.70. The minimum absolute atomic E-state index is 0.0604. The van der Waals surface area contributed by atoms with E-state index < -0.39 is 11.9 Å². The Morgan fingerprint density at radius 1 is 0.931 bits per heavy atom. The Hall–Kier alpha value is -3.35. The number of likely N-dealkylation sites (tertiary alicyclic amines) is 1. The van der Waals surface area contributed by atoms with E-state index in [9.17, 15) is 14.4 Å². The number of carbonyl (C=O) groups is 3. The lowest BCUT2D eigenvalue weighted by molar-refractivity contribution is -0.139. The van der Waals surface area contributed by atoms with Gasteiger partial charge in [-0.05, 0) is 42.7 Å². The molecule has 1 amide bonds. The number of allylic oxidation sites excluding steroid dienone is 2. The van der Waals surface area contributed by atoms with Crippen LogP contribution in [0.3, 0.4) is 0 Å². The summed E-state index contributed by atoms with van der Waals surface area (Å²) >= 11 is 0. The van der Waals surface area contributed by atoms with E-state index in [0.717, 1.165) is 31.5 Å². The van der Waals surface area contributed by atoms with E-state index in [1.54, 1.807) is 35.4 Å². The van der Waals surface area contributed by atoms with Gasteiger partial charge in [-0.1, -0.05) is 18.2 Å². The molecule has 2 heterocycles. The zero-order chi connectivity index (χ0) is 20.8. The third-order valence-corrected chi connectivity index (χ3v) is 4.92. The second-order valence-corrected chi connectivity index (χ2v) is 6.75. The van der Waals surface area contributed by atoms with Gasteiger partial charge in [-0.15, -0.1) is 0 Å². The number of benzene rings is 1. The zero-order valence-corrected chi connectivity index (χ0v) is 16.6. The van der Waals surface area contributed by atoms with Gasteiger partial charge in [-0.25, -0.2) is 9.59 Å². The van der Waals surface area contributed by atoms with E-state index in [0.29, 0.717) is 12.1 Å². The molecular formula is C22H24N2O5. The van der Waals surface area contributed by atoms with Crippen molar-refractivity contribution in [1.29, 1.82) is 0 Å². The van der Waals surface area contributed by atoms with Gasteiger partial charge in [0.1, 0.15) is 5.70 Å². The summed E-state index contributed by atoms with van der Waals surface area (Å²) in [7, 11) is 2.51. The van der Waals surface area contributed by atoms with E-state index in [-0.39, 0.29) is 17.2 Å². The van der Waals surface area contributed by atoms with Gasteiger partial charge < -0.3 is 19.3 Å². The molecule has 7 nitrogen and oxygen atoms in total. The maximum absolute atomic E-state index is 12.4. The standard InChI is InChI=1S/C22H24N2O5/c1-28-21(26)18-7-3-4-14-24(20(18)22(27)29-2)17-10-8-16(9-11-17)15-19(25)23-12-5-6-13-23/h3-4,7-11,14H,5-6,12-13,15H2,1-2H3.